The highest BCUT2D eigenvalue weighted by molar-refractivity contribution is 5.46. The van der Waals surface area contributed by atoms with Gasteiger partial charge in [-0.05, 0) is 57.0 Å². The lowest BCUT2D eigenvalue weighted by Crippen LogP contribution is -2.54. The summed E-state index contributed by atoms with van der Waals surface area (Å²) in [6.07, 6.45) is 5.24. The first kappa shape index (κ1) is 17.6. The van der Waals surface area contributed by atoms with E-state index < -0.39 is 5.60 Å². The quantitative estimate of drug-likeness (QED) is 0.886. The van der Waals surface area contributed by atoms with Crippen molar-refractivity contribution in [3.63, 3.8) is 0 Å². The van der Waals surface area contributed by atoms with Crippen LogP contribution in [0.5, 0.6) is 0 Å². The maximum absolute atomic E-state index is 13.0. The molecular formula is C19H29FN2O2. The highest BCUT2D eigenvalue weighted by atomic mass is 19.1. The van der Waals surface area contributed by atoms with E-state index >= 15 is 0 Å². The van der Waals surface area contributed by atoms with Gasteiger partial charge < -0.3 is 15.1 Å². The third-order valence-corrected chi connectivity index (χ3v) is 5.69. The predicted octanol–water partition coefficient (Wildman–Crippen LogP) is 2.39. The second-order valence-corrected chi connectivity index (χ2v) is 7.52. The lowest BCUT2D eigenvalue weighted by molar-refractivity contribution is -0.0448. The monoisotopic (exact) mass is 336 g/mol. The minimum Gasteiger partial charge on any atom is -0.391 e. The van der Waals surface area contributed by atoms with Crippen molar-refractivity contribution in [1.82, 2.24) is 4.90 Å². The first-order valence-corrected chi connectivity index (χ1v) is 9.08. The Kier molecular flexibility index (Phi) is 5.42. The van der Waals surface area contributed by atoms with Crippen molar-refractivity contribution in [2.24, 2.45) is 0 Å². The fraction of sp³-hybridized carbons (Fsp3) is 0.684. The predicted molar refractivity (Wildman–Crippen MR) is 93.7 cm³/mol. The molecule has 2 N–H and O–H groups in total. The van der Waals surface area contributed by atoms with Gasteiger partial charge in [0.1, 0.15) is 5.82 Å². The zero-order chi connectivity index (χ0) is 17.2. The van der Waals surface area contributed by atoms with Crippen LogP contribution in [0.2, 0.25) is 0 Å². The Morgan fingerprint density at radius 1 is 1.17 bits per heavy atom. The molecule has 0 amide bonds. The molecule has 1 aromatic rings. The summed E-state index contributed by atoms with van der Waals surface area (Å²) in [5, 5.41) is 21.2. The molecule has 2 atom stereocenters. The van der Waals surface area contributed by atoms with Crippen molar-refractivity contribution >= 4 is 5.69 Å². The normalized spacial score (nSPS) is 27.5. The zero-order valence-corrected chi connectivity index (χ0v) is 14.5. The zero-order valence-electron chi connectivity index (χ0n) is 14.5. The maximum Gasteiger partial charge on any atom is 0.123 e. The van der Waals surface area contributed by atoms with Crippen LogP contribution in [-0.4, -0.2) is 59.5 Å². The van der Waals surface area contributed by atoms with Crippen LogP contribution in [0.15, 0.2) is 24.3 Å². The summed E-state index contributed by atoms with van der Waals surface area (Å²) in [4.78, 5) is 4.35. The lowest BCUT2D eigenvalue weighted by atomic mass is 9.87. The summed E-state index contributed by atoms with van der Waals surface area (Å²) in [6, 6.07) is 6.72. The Balaban J connectivity index is 1.55. The summed E-state index contributed by atoms with van der Waals surface area (Å²) in [5.41, 5.74) is 0.303. The summed E-state index contributed by atoms with van der Waals surface area (Å²) in [5.74, 6) is -0.222. The second-order valence-electron chi connectivity index (χ2n) is 7.52. The molecule has 1 aliphatic carbocycles. The molecule has 134 valence electrons. The molecule has 1 aliphatic heterocycles. The van der Waals surface area contributed by atoms with Crippen LogP contribution in [0.4, 0.5) is 10.1 Å². The number of aliphatic hydroxyl groups excluding tert-OH is 1. The highest BCUT2D eigenvalue weighted by Gasteiger charge is 2.36. The number of nitrogens with zero attached hydrogens (tertiary/aromatic N) is 2. The van der Waals surface area contributed by atoms with E-state index in [1.54, 1.807) is 12.1 Å². The summed E-state index contributed by atoms with van der Waals surface area (Å²) in [6.45, 7) is 2.14. The molecule has 2 fully saturated rings. The number of benzene rings is 1. The van der Waals surface area contributed by atoms with Crippen molar-refractivity contribution in [2.45, 2.75) is 56.3 Å². The Labute approximate surface area is 143 Å². The Bertz CT molecular complexity index is 529. The van der Waals surface area contributed by atoms with Crippen molar-refractivity contribution in [2.75, 3.05) is 31.6 Å². The van der Waals surface area contributed by atoms with E-state index in [9.17, 15) is 14.6 Å². The number of likely N-dealkylation sites (N-methyl/N-ethyl adjacent to an activating group) is 1. The molecule has 1 saturated carbocycles. The van der Waals surface area contributed by atoms with Gasteiger partial charge in [0.05, 0.1) is 11.7 Å². The molecule has 2 aliphatic rings. The molecule has 24 heavy (non-hydrogen) atoms. The molecule has 1 saturated heterocycles. The SMILES string of the molecule is CN(CC1(O)CCN(c2ccc(F)cc2)CC1)[C@H]1CCCC[C@@H]1O. The van der Waals surface area contributed by atoms with E-state index in [0.717, 1.165) is 44.5 Å². The fourth-order valence-electron chi connectivity index (χ4n) is 4.18. The minimum absolute atomic E-state index is 0.165. The topological polar surface area (TPSA) is 46.9 Å². The van der Waals surface area contributed by atoms with E-state index in [1.807, 2.05) is 7.05 Å². The standard InChI is InChI=1S/C19H29FN2O2/c1-21(17-4-2-3-5-18(17)23)14-19(24)10-12-22(13-11-19)16-8-6-15(20)7-9-16/h6-9,17-18,23-24H,2-5,10-14H2,1H3/t17-,18-/m0/s1. The van der Waals surface area contributed by atoms with Gasteiger partial charge in [0.25, 0.3) is 0 Å². The minimum atomic E-state index is -0.706. The molecule has 0 bridgehead atoms. The smallest absolute Gasteiger partial charge is 0.123 e. The maximum atomic E-state index is 13.0. The number of halogens is 1. The van der Waals surface area contributed by atoms with Gasteiger partial charge in [0.2, 0.25) is 0 Å². The average Bonchev–Trinajstić information content (AvgIpc) is 2.56. The van der Waals surface area contributed by atoms with Gasteiger partial charge >= 0.3 is 0 Å². The number of hydrogen-bond donors (Lipinski definition) is 2. The summed E-state index contributed by atoms with van der Waals surface area (Å²) < 4.78 is 13.0. The van der Waals surface area contributed by atoms with Crippen molar-refractivity contribution in [1.29, 1.82) is 0 Å². The Morgan fingerprint density at radius 2 is 1.79 bits per heavy atom. The fourth-order valence-corrected chi connectivity index (χ4v) is 4.18. The average molecular weight is 336 g/mol. The van der Waals surface area contributed by atoms with E-state index in [2.05, 4.69) is 9.80 Å². The third kappa shape index (κ3) is 4.08. The van der Waals surface area contributed by atoms with Crippen LogP contribution >= 0.6 is 0 Å². The van der Waals surface area contributed by atoms with Crippen LogP contribution in [0.3, 0.4) is 0 Å². The number of aliphatic hydroxyl groups is 2. The largest absolute Gasteiger partial charge is 0.391 e. The highest BCUT2D eigenvalue weighted by Crippen LogP contribution is 2.29. The van der Waals surface area contributed by atoms with Crippen LogP contribution in [0.1, 0.15) is 38.5 Å². The summed E-state index contributed by atoms with van der Waals surface area (Å²) in [7, 11) is 2.02. The van der Waals surface area contributed by atoms with Crippen molar-refractivity contribution in [3.8, 4) is 0 Å². The third-order valence-electron chi connectivity index (χ3n) is 5.69. The summed E-state index contributed by atoms with van der Waals surface area (Å²) >= 11 is 0. The molecule has 4 nitrogen and oxygen atoms in total. The van der Waals surface area contributed by atoms with E-state index in [0.29, 0.717) is 19.4 Å². The van der Waals surface area contributed by atoms with Gasteiger partial charge in [-0.1, -0.05) is 12.8 Å². The first-order valence-electron chi connectivity index (χ1n) is 9.08. The van der Waals surface area contributed by atoms with Crippen molar-refractivity contribution in [3.05, 3.63) is 30.1 Å². The van der Waals surface area contributed by atoms with E-state index in [4.69, 9.17) is 0 Å². The van der Waals surface area contributed by atoms with Crippen LogP contribution in [0.25, 0.3) is 0 Å². The molecular weight excluding hydrogens is 307 g/mol. The van der Waals surface area contributed by atoms with Crippen LogP contribution < -0.4 is 4.90 Å². The first-order chi connectivity index (χ1) is 11.5. The van der Waals surface area contributed by atoms with Gasteiger partial charge in [-0.3, -0.25) is 4.90 Å². The van der Waals surface area contributed by atoms with E-state index in [-0.39, 0.29) is 18.0 Å². The van der Waals surface area contributed by atoms with Gasteiger partial charge in [0.15, 0.2) is 0 Å². The number of rotatable bonds is 4. The Morgan fingerprint density at radius 3 is 2.42 bits per heavy atom. The second kappa shape index (κ2) is 7.38. The van der Waals surface area contributed by atoms with Gasteiger partial charge in [0, 0.05) is 31.4 Å². The molecule has 0 radical (unpaired) electrons. The Hall–Kier alpha value is -1.17. The van der Waals surface area contributed by atoms with Crippen LogP contribution in [-0.2, 0) is 0 Å². The molecule has 0 aromatic heterocycles. The van der Waals surface area contributed by atoms with Gasteiger partial charge in [-0.2, -0.15) is 0 Å². The lowest BCUT2D eigenvalue weighted by Gasteiger charge is -2.44. The van der Waals surface area contributed by atoms with Gasteiger partial charge in [-0.25, -0.2) is 4.39 Å². The van der Waals surface area contributed by atoms with Crippen LogP contribution in [0, 0.1) is 5.82 Å². The molecule has 5 heteroatoms. The number of anilines is 1. The van der Waals surface area contributed by atoms with Gasteiger partial charge in [-0.15, -0.1) is 0 Å². The molecule has 0 spiro atoms. The molecule has 0 unspecified atom stereocenters. The number of hydrogen-bond acceptors (Lipinski definition) is 4. The van der Waals surface area contributed by atoms with Crippen molar-refractivity contribution < 1.29 is 14.6 Å². The molecule has 1 aromatic carbocycles. The number of piperidine rings is 1. The molecule has 3 rings (SSSR count). The van der Waals surface area contributed by atoms with E-state index in [1.165, 1.54) is 12.1 Å². The molecule has 1 heterocycles.